The Labute approximate surface area is 133 Å². The highest BCUT2D eigenvalue weighted by atomic mass is 32.1. The van der Waals surface area contributed by atoms with Gasteiger partial charge in [-0.3, -0.25) is 9.59 Å². The zero-order valence-corrected chi connectivity index (χ0v) is 12.6. The fourth-order valence-electron chi connectivity index (χ4n) is 2.31. The van der Waals surface area contributed by atoms with Crippen LogP contribution in [0.2, 0.25) is 0 Å². The summed E-state index contributed by atoms with van der Waals surface area (Å²) in [5.74, 6) is -0.699. The lowest BCUT2D eigenvalue weighted by Gasteiger charge is -2.05. The number of carbonyl (C=O) groups excluding carboxylic acids is 2. The van der Waals surface area contributed by atoms with Gasteiger partial charge in [-0.1, -0.05) is 17.2 Å². The number of benzene rings is 1. The first kappa shape index (κ1) is 13.8. The summed E-state index contributed by atoms with van der Waals surface area (Å²) in [6.07, 6.45) is 0.627. The molecule has 0 aliphatic carbocycles. The van der Waals surface area contributed by atoms with Crippen molar-refractivity contribution < 1.29 is 14.0 Å². The van der Waals surface area contributed by atoms with Gasteiger partial charge in [-0.25, -0.2) is 4.98 Å². The van der Waals surface area contributed by atoms with E-state index in [9.17, 15) is 9.59 Å². The largest absolute Gasteiger partial charge is 0.400 e. The minimum absolute atomic E-state index is 0.0523. The Bertz CT molecular complexity index is 870. The molecule has 1 aliphatic rings. The van der Waals surface area contributed by atoms with Crippen molar-refractivity contribution in [2.75, 3.05) is 11.9 Å². The van der Waals surface area contributed by atoms with E-state index < -0.39 is 11.8 Å². The third-order valence-electron chi connectivity index (χ3n) is 3.45. The van der Waals surface area contributed by atoms with E-state index in [0.717, 1.165) is 10.2 Å². The second-order valence-corrected chi connectivity index (χ2v) is 6.04. The predicted octanol–water partition coefficient (Wildman–Crippen LogP) is 1.21. The van der Waals surface area contributed by atoms with Gasteiger partial charge in [0.1, 0.15) is 6.04 Å². The van der Waals surface area contributed by atoms with Gasteiger partial charge in [0, 0.05) is 6.54 Å². The molecule has 116 valence electrons. The van der Waals surface area contributed by atoms with Crippen molar-refractivity contribution in [1.82, 2.24) is 20.5 Å². The first-order valence-corrected chi connectivity index (χ1v) is 7.80. The molecule has 1 fully saturated rings. The summed E-state index contributed by atoms with van der Waals surface area (Å²) in [7, 11) is 0. The zero-order valence-electron chi connectivity index (χ0n) is 11.8. The summed E-state index contributed by atoms with van der Waals surface area (Å²) in [6, 6.07) is 7.11. The molecule has 1 amide bonds. The number of rotatable bonds is 4. The molecule has 1 atom stereocenters. The van der Waals surface area contributed by atoms with E-state index in [-0.39, 0.29) is 17.8 Å². The number of nitrogens with one attached hydrogen (secondary N) is 2. The van der Waals surface area contributed by atoms with Crippen LogP contribution in [0.5, 0.6) is 0 Å². The number of hydrogen-bond donors (Lipinski definition) is 2. The first-order chi connectivity index (χ1) is 11.2. The lowest BCUT2D eigenvalue weighted by molar-refractivity contribution is -0.119. The van der Waals surface area contributed by atoms with E-state index in [1.807, 2.05) is 24.3 Å². The van der Waals surface area contributed by atoms with Gasteiger partial charge in [0.15, 0.2) is 5.01 Å². The molecule has 23 heavy (non-hydrogen) atoms. The normalized spacial score (nSPS) is 17.4. The van der Waals surface area contributed by atoms with Gasteiger partial charge in [0.25, 0.3) is 11.7 Å². The zero-order chi connectivity index (χ0) is 15.8. The Morgan fingerprint density at radius 3 is 3.00 bits per heavy atom. The molecule has 1 aliphatic heterocycles. The number of para-hydroxylation sites is 1. The van der Waals surface area contributed by atoms with Gasteiger partial charge >= 0.3 is 6.01 Å². The number of ketones is 1. The lowest BCUT2D eigenvalue weighted by atomic mass is 10.2. The number of hydrogen-bond acceptors (Lipinski definition) is 8. The highest BCUT2D eigenvalue weighted by Gasteiger charge is 2.27. The third-order valence-corrected chi connectivity index (χ3v) is 4.49. The third kappa shape index (κ3) is 2.55. The number of nitrogens with zero attached hydrogens (tertiary/aromatic N) is 3. The monoisotopic (exact) mass is 329 g/mol. The van der Waals surface area contributed by atoms with Crippen molar-refractivity contribution in [2.45, 2.75) is 12.5 Å². The van der Waals surface area contributed by atoms with E-state index in [4.69, 9.17) is 4.42 Å². The van der Waals surface area contributed by atoms with E-state index >= 15 is 0 Å². The smallest absolute Gasteiger partial charge is 0.316 e. The number of aromatic nitrogens is 3. The maximum absolute atomic E-state index is 12.4. The van der Waals surface area contributed by atoms with E-state index in [1.54, 1.807) is 0 Å². The van der Waals surface area contributed by atoms with Crippen LogP contribution in [0.25, 0.3) is 10.2 Å². The lowest BCUT2D eigenvalue weighted by Crippen LogP contribution is -2.29. The van der Waals surface area contributed by atoms with Crippen LogP contribution in [0.1, 0.15) is 22.1 Å². The van der Waals surface area contributed by atoms with Gasteiger partial charge in [-0.2, -0.15) is 0 Å². The average Bonchev–Trinajstić information content (AvgIpc) is 3.27. The molecule has 1 saturated heterocycles. The summed E-state index contributed by atoms with van der Waals surface area (Å²) in [4.78, 5) is 28.1. The Morgan fingerprint density at radius 2 is 2.22 bits per heavy atom. The summed E-state index contributed by atoms with van der Waals surface area (Å²) >= 11 is 1.27. The molecular formula is C14H11N5O3S. The SMILES string of the molecule is O=C(c1nnc(NC2CCNC2=O)o1)c1nc2ccccc2s1. The Hall–Kier alpha value is -2.81. The molecular weight excluding hydrogens is 318 g/mol. The number of thiazole rings is 1. The standard InChI is InChI=1S/C14H11N5O3S/c20-10(13-16-7-3-1-2-4-9(7)23-13)12-18-19-14(22-12)17-8-5-6-15-11(8)21/h1-4,8H,5-6H2,(H,15,21)(H,17,19). The quantitative estimate of drug-likeness (QED) is 0.692. The summed E-state index contributed by atoms with van der Waals surface area (Å²) in [6.45, 7) is 0.599. The topological polar surface area (TPSA) is 110 Å². The summed E-state index contributed by atoms with van der Waals surface area (Å²) in [5.41, 5.74) is 0.751. The molecule has 8 nitrogen and oxygen atoms in total. The molecule has 3 aromatic rings. The molecule has 0 spiro atoms. The van der Waals surface area contributed by atoms with Crippen LogP contribution in [0, 0.1) is 0 Å². The average molecular weight is 329 g/mol. The van der Waals surface area contributed by atoms with Crippen LogP contribution >= 0.6 is 11.3 Å². The number of carbonyl (C=O) groups is 2. The molecule has 4 rings (SSSR count). The molecule has 1 aromatic carbocycles. The number of amides is 1. The Kier molecular flexibility index (Phi) is 3.27. The van der Waals surface area contributed by atoms with Crippen LogP contribution in [0.3, 0.4) is 0 Å². The maximum Gasteiger partial charge on any atom is 0.316 e. The van der Waals surface area contributed by atoms with Gasteiger partial charge in [-0.05, 0) is 18.6 Å². The van der Waals surface area contributed by atoms with Crippen molar-refractivity contribution in [3.05, 3.63) is 35.2 Å². The van der Waals surface area contributed by atoms with Crippen molar-refractivity contribution in [3.8, 4) is 0 Å². The van der Waals surface area contributed by atoms with Gasteiger partial charge in [0.05, 0.1) is 10.2 Å². The van der Waals surface area contributed by atoms with Crippen LogP contribution in [0.4, 0.5) is 6.01 Å². The second-order valence-electron chi connectivity index (χ2n) is 5.00. The molecule has 2 aromatic heterocycles. The van der Waals surface area contributed by atoms with E-state index in [1.165, 1.54) is 11.3 Å². The fraction of sp³-hybridized carbons (Fsp3) is 0.214. The van der Waals surface area contributed by atoms with Crippen LogP contribution in [-0.4, -0.2) is 39.5 Å². The molecule has 0 bridgehead atoms. The first-order valence-electron chi connectivity index (χ1n) is 6.99. The second kappa shape index (κ2) is 5.43. The van der Waals surface area contributed by atoms with Gasteiger partial charge in [-0.15, -0.1) is 16.4 Å². The van der Waals surface area contributed by atoms with Crippen LogP contribution in [0.15, 0.2) is 28.7 Å². The minimum atomic E-state index is -0.428. The van der Waals surface area contributed by atoms with E-state index in [0.29, 0.717) is 18.0 Å². The fourth-order valence-corrected chi connectivity index (χ4v) is 3.21. The predicted molar refractivity (Wildman–Crippen MR) is 82.4 cm³/mol. The number of fused-ring (bicyclic) bond motifs is 1. The van der Waals surface area contributed by atoms with Crippen LogP contribution in [-0.2, 0) is 4.79 Å². The van der Waals surface area contributed by atoms with Crippen molar-refractivity contribution in [3.63, 3.8) is 0 Å². The molecule has 1 unspecified atom stereocenters. The van der Waals surface area contributed by atoms with Crippen molar-refractivity contribution in [1.29, 1.82) is 0 Å². The van der Waals surface area contributed by atoms with Crippen LogP contribution < -0.4 is 10.6 Å². The van der Waals surface area contributed by atoms with Gasteiger partial charge in [0.2, 0.25) is 5.91 Å². The van der Waals surface area contributed by atoms with E-state index in [2.05, 4.69) is 25.8 Å². The van der Waals surface area contributed by atoms with Gasteiger partial charge < -0.3 is 15.1 Å². The number of anilines is 1. The molecule has 0 saturated carbocycles. The van der Waals surface area contributed by atoms with Crippen molar-refractivity contribution in [2.24, 2.45) is 0 Å². The molecule has 2 N–H and O–H groups in total. The summed E-state index contributed by atoms with van der Waals surface area (Å²) in [5, 5.41) is 13.3. The Morgan fingerprint density at radius 1 is 1.35 bits per heavy atom. The Balaban J connectivity index is 1.55. The molecule has 3 heterocycles. The maximum atomic E-state index is 12.4. The molecule has 0 radical (unpaired) electrons. The van der Waals surface area contributed by atoms with Crippen molar-refractivity contribution >= 4 is 39.3 Å². The summed E-state index contributed by atoms with van der Waals surface area (Å²) < 4.78 is 6.22. The highest BCUT2D eigenvalue weighted by Crippen LogP contribution is 2.24. The molecule has 9 heteroatoms. The minimum Gasteiger partial charge on any atom is -0.400 e. The highest BCUT2D eigenvalue weighted by molar-refractivity contribution is 7.20.